The van der Waals surface area contributed by atoms with Gasteiger partial charge in [0.15, 0.2) is 11.7 Å². The van der Waals surface area contributed by atoms with Crippen LogP contribution in [0.4, 0.5) is 5.13 Å². The number of sulfonamides is 1. The summed E-state index contributed by atoms with van der Waals surface area (Å²) in [5.74, 6) is -1.56. The van der Waals surface area contributed by atoms with E-state index in [-0.39, 0.29) is 46.8 Å². The van der Waals surface area contributed by atoms with Crippen molar-refractivity contribution in [2.75, 3.05) is 38.2 Å². The summed E-state index contributed by atoms with van der Waals surface area (Å²) in [4.78, 5) is 28.9. The quantitative estimate of drug-likeness (QED) is 0.471. The van der Waals surface area contributed by atoms with Crippen molar-refractivity contribution in [3.8, 4) is 0 Å². The normalized spacial score (nSPS) is 14.8. The Morgan fingerprint density at radius 2 is 1.91 bits per heavy atom. The largest absolute Gasteiger partial charge is 0.452 e. The number of fused-ring (bicyclic) bond motifs is 1. The first-order chi connectivity index (χ1) is 16.1. The summed E-state index contributed by atoms with van der Waals surface area (Å²) in [5.41, 5.74) is 1.59. The maximum Gasteiger partial charge on any atom is 0.340 e. The van der Waals surface area contributed by atoms with Gasteiger partial charge in [-0.15, -0.1) is 0 Å². The second kappa shape index (κ2) is 10.1. The van der Waals surface area contributed by atoms with Crippen molar-refractivity contribution in [3.63, 3.8) is 0 Å². The number of anilines is 1. The summed E-state index contributed by atoms with van der Waals surface area (Å²) < 4.78 is 38.3. The fourth-order valence-corrected chi connectivity index (χ4v) is 6.47. The molecule has 1 fully saturated rings. The van der Waals surface area contributed by atoms with E-state index in [4.69, 9.17) is 32.7 Å². The molecule has 2 heterocycles. The average Bonchev–Trinajstić information content (AvgIpc) is 3.19. The van der Waals surface area contributed by atoms with E-state index in [9.17, 15) is 18.0 Å². The number of ether oxygens (including phenoxy) is 2. The Labute approximate surface area is 209 Å². The van der Waals surface area contributed by atoms with Gasteiger partial charge in [0.05, 0.1) is 39.0 Å². The number of halogens is 2. The number of hydrogen-bond acceptors (Lipinski definition) is 8. The maximum absolute atomic E-state index is 13.0. The van der Waals surface area contributed by atoms with Crippen LogP contribution in [0.15, 0.2) is 35.2 Å². The van der Waals surface area contributed by atoms with Crippen molar-refractivity contribution in [2.24, 2.45) is 0 Å². The minimum absolute atomic E-state index is 0.0992. The molecule has 0 atom stereocenters. The summed E-state index contributed by atoms with van der Waals surface area (Å²) in [6.45, 7) is 2.17. The highest BCUT2D eigenvalue weighted by Gasteiger charge is 2.30. The number of hydrogen-bond donors (Lipinski definition) is 1. The van der Waals surface area contributed by atoms with Gasteiger partial charge in [0, 0.05) is 13.1 Å². The SMILES string of the molecule is Cc1ccc2nc(NC(=O)COC(=O)c3cc(S(=O)(=O)N4CCOCC4)c(Cl)cc3Cl)sc2c1. The van der Waals surface area contributed by atoms with Crippen molar-refractivity contribution >= 4 is 71.8 Å². The Hall–Kier alpha value is -2.28. The average molecular weight is 544 g/mol. The van der Waals surface area contributed by atoms with E-state index < -0.39 is 28.5 Å². The van der Waals surface area contributed by atoms with Gasteiger partial charge in [-0.3, -0.25) is 10.1 Å². The van der Waals surface area contributed by atoms with Crippen LogP contribution in [-0.2, 0) is 24.3 Å². The van der Waals surface area contributed by atoms with Gasteiger partial charge in [-0.25, -0.2) is 18.2 Å². The van der Waals surface area contributed by atoms with Crippen molar-refractivity contribution in [1.82, 2.24) is 9.29 Å². The van der Waals surface area contributed by atoms with Crippen LogP contribution in [0.5, 0.6) is 0 Å². The van der Waals surface area contributed by atoms with E-state index in [1.54, 1.807) is 0 Å². The molecule has 1 aliphatic rings. The minimum Gasteiger partial charge on any atom is -0.452 e. The van der Waals surface area contributed by atoms with E-state index in [0.717, 1.165) is 27.9 Å². The smallest absolute Gasteiger partial charge is 0.340 e. The van der Waals surface area contributed by atoms with Gasteiger partial charge >= 0.3 is 5.97 Å². The predicted molar refractivity (Wildman–Crippen MR) is 129 cm³/mol. The molecule has 13 heteroatoms. The van der Waals surface area contributed by atoms with Crippen LogP contribution >= 0.6 is 34.5 Å². The molecule has 1 N–H and O–H groups in total. The first kappa shape index (κ1) is 24.8. The molecule has 0 radical (unpaired) electrons. The van der Waals surface area contributed by atoms with Crippen LogP contribution in [0.1, 0.15) is 15.9 Å². The molecule has 2 aromatic carbocycles. The highest BCUT2D eigenvalue weighted by Crippen LogP contribution is 2.31. The van der Waals surface area contributed by atoms with E-state index in [0.29, 0.717) is 5.13 Å². The molecule has 3 aromatic rings. The number of nitrogens with zero attached hydrogens (tertiary/aromatic N) is 2. The number of esters is 1. The van der Waals surface area contributed by atoms with Crippen LogP contribution < -0.4 is 5.32 Å². The van der Waals surface area contributed by atoms with E-state index in [1.807, 2.05) is 25.1 Å². The lowest BCUT2D eigenvalue weighted by Gasteiger charge is -2.26. The first-order valence-corrected chi connectivity index (χ1v) is 13.1. The molecule has 180 valence electrons. The molecule has 0 unspecified atom stereocenters. The van der Waals surface area contributed by atoms with Crippen molar-refractivity contribution in [3.05, 3.63) is 51.5 Å². The zero-order valence-corrected chi connectivity index (χ0v) is 21.0. The summed E-state index contributed by atoms with van der Waals surface area (Å²) in [5, 5.41) is 2.72. The molecule has 0 aliphatic carbocycles. The van der Waals surface area contributed by atoms with Crippen molar-refractivity contribution in [2.45, 2.75) is 11.8 Å². The fraction of sp³-hybridized carbons (Fsp3) is 0.286. The van der Waals surface area contributed by atoms with Crippen LogP contribution in [0.2, 0.25) is 10.0 Å². The lowest BCUT2D eigenvalue weighted by molar-refractivity contribution is -0.119. The Balaban J connectivity index is 1.45. The molecule has 1 amide bonds. The van der Waals surface area contributed by atoms with Crippen LogP contribution in [0.25, 0.3) is 10.2 Å². The highest BCUT2D eigenvalue weighted by atomic mass is 35.5. The number of carbonyl (C=O) groups is 2. The van der Waals surface area contributed by atoms with E-state index >= 15 is 0 Å². The molecule has 0 spiro atoms. The number of amides is 1. The fourth-order valence-electron chi connectivity index (χ4n) is 3.26. The molecule has 4 rings (SSSR count). The molecule has 1 saturated heterocycles. The summed E-state index contributed by atoms with van der Waals surface area (Å²) in [6.07, 6.45) is 0. The zero-order chi connectivity index (χ0) is 24.5. The van der Waals surface area contributed by atoms with Crippen LogP contribution in [-0.4, -0.2) is 62.5 Å². The second-order valence-electron chi connectivity index (χ2n) is 7.39. The number of benzene rings is 2. The number of rotatable bonds is 6. The number of aryl methyl sites for hydroxylation is 1. The second-order valence-corrected chi connectivity index (χ2v) is 11.1. The van der Waals surface area contributed by atoms with Gasteiger partial charge in [0.25, 0.3) is 5.91 Å². The molecule has 0 saturated carbocycles. The summed E-state index contributed by atoms with van der Waals surface area (Å²) in [6, 6.07) is 7.94. The monoisotopic (exact) mass is 543 g/mol. The molecule has 1 aromatic heterocycles. The van der Waals surface area contributed by atoms with Gasteiger partial charge < -0.3 is 9.47 Å². The predicted octanol–water partition coefficient (Wildman–Crippen LogP) is 3.73. The van der Waals surface area contributed by atoms with E-state index in [1.165, 1.54) is 15.6 Å². The molecular weight excluding hydrogens is 525 g/mol. The first-order valence-electron chi connectivity index (χ1n) is 10.1. The number of morpholine rings is 1. The Bertz CT molecular complexity index is 1370. The summed E-state index contributed by atoms with van der Waals surface area (Å²) in [7, 11) is -3.98. The minimum atomic E-state index is -3.98. The van der Waals surface area contributed by atoms with Crippen LogP contribution in [0, 0.1) is 6.92 Å². The van der Waals surface area contributed by atoms with Gasteiger partial charge in [0.2, 0.25) is 10.0 Å². The van der Waals surface area contributed by atoms with Crippen molar-refractivity contribution < 1.29 is 27.5 Å². The van der Waals surface area contributed by atoms with Gasteiger partial charge in [-0.1, -0.05) is 40.6 Å². The van der Waals surface area contributed by atoms with Gasteiger partial charge in [-0.2, -0.15) is 4.31 Å². The number of carbonyl (C=O) groups excluding carboxylic acids is 2. The maximum atomic E-state index is 13.0. The third-order valence-corrected chi connectivity index (χ3v) is 8.56. The van der Waals surface area contributed by atoms with Gasteiger partial charge in [-0.05, 0) is 36.8 Å². The lowest BCUT2D eigenvalue weighted by atomic mass is 10.2. The molecular formula is C21H19Cl2N3O6S2. The molecule has 34 heavy (non-hydrogen) atoms. The third kappa shape index (κ3) is 5.35. The Morgan fingerprint density at radius 1 is 1.18 bits per heavy atom. The number of thiazole rings is 1. The van der Waals surface area contributed by atoms with Gasteiger partial charge in [0.1, 0.15) is 4.90 Å². The number of nitrogens with one attached hydrogen (secondary N) is 1. The summed E-state index contributed by atoms with van der Waals surface area (Å²) >= 11 is 13.5. The zero-order valence-electron chi connectivity index (χ0n) is 17.8. The highest BCUT2D eigenvalue weighted by molar-refractivity contribution is 7.89. The topological polar surface area (TPSA) is 115 Å². The molecule has 0 bridgehead atoms. The Kier molecular flexibility index (Phi) is 7.41. The van der Waals surface area contributed by atoms with Crippen LogP contribution in [0.3, 0.4) is 0 Å². The van der Waals surface area contributed by atoms with Crippen molar-refractivity contribution in [1.29, 1.82) is 0 Å². The Morgan fingerprint density at radius 3 is 2.65 bits per heavy atom. The number of aromatic nitrogens is 1. The standard InChI is InChI=1S/C21H19Cl2N3O6S2/c1-12-2-3-16-17(8-12)33-21(24-16)25-19(27)11-32-20(28)13-9-18(15(23)10-14(13)22)34(29,30)26-4-6-31-7-5-26/h2-3,8-10H,4-7,11H2,1H3,(H,24,25,27). The molecule has 9 nitrogen and oxygen atoms in total. The molecule has 1 aliphatic heterocycles. The van der Waals surface area contributed by atoms with E-state index in [2.05, 4.69) is 10.3 Å². The third-order valence-electron chi connectivity index (χ3n) is 4.95. The lowest BCUT2D eigenvalue weighted by Crippen LogP contribution is -2.40.